The molecule has 1 saturated heterocycles. The molecule has 0 aliphatic carbocycles. The minimum Gasteiger partial charge on any atom is -0.298 e. The van der Waals surface area contributed by atoms with Crippen LogP contribution in [0.2, 0.25) is 5.15 Å². The van der Waals surface area contributed by atoms with Gasteiger partial charge >= 0.3 is 0 Å². The highest BCUT2D eigenvalue weighted by Crippen LogP contribution is 2.21. The van der Waals surface area contributed by atoms with Crippen molar-refractivity contribution >= 4 is 21.4 Å². The van der Waals surface area contributed by atoms with Crippen molar-refractivity contribution in [2.24, 2.45) is 7.05 Å². The van der Waals surface area contributed by atoms with Crippen LogP contribution in [0.1, 0.15) is 17.7 Å². The summed E-state index contributed by atoms with van der Waals surface area (Å²) < 4.78 is 24.7. The van der Waals surface area contributed by atoms with E-state index in [1.54, 1.807) is 4.68 Å². The van der Waals surface area contributed by atoms with Gasteiger partial charge in [-0.05, 0) is 19.9 Å². The normalized spacial score (nSPS) is 20.8. The number of aryl methyl sites for hydroxylation is 2. The van der Waals surface area contributed by atoms with Crippen molar-refractivity contribution < 1.29 is 8.42 Å². The molecule has 0 N–H and O–H groups in total. The number of sulfone groups is 1. The molecule has 0 amide bonds. The SMILES string of the molecule is Cc1nn(C)c(Cl)c1CN1CCCS(=O)(=O)CC1. The Bertz CT molecular complexity index is 539. The molecule has 2 heterocycles. The van der Waals surface area contributed by atoms with E-state index in [2.05, 4.69) is 10.00 Å². The Balaban J connectivity index is 2.10. The zero-order chi connectivity index (χ0) is 13.3. The molecule has 0 atom stereocenters. The number of halogens is 1. The highest BCUT2D eigenvalue weighted by molar-refractivity contribution is 7.91. The summed E-state index contributed by atoms with van der Waals surface area (Å²) >= 11 is 6.19. The minimum atomic E-state index is -2.85. The third-order valence-corrected chi connectivity index (χ3v) is 5.49. The van der Waals surface area contributed by atoms with Crippen LogP contribution in [0.5, 0.6) is 0 Å². The number of hydrogen-bond acceptors (Lipinski definition) is 4. The lowest BCUT2D eigenvalue weighted by molar-refractivity contribution is 0.287. The maximum Gasteiger partial charge on any atom is 0.151 e. The summed E-state index contributed by atoms with van der Waals surface area (Å²) in [5, 5.41) is 4.91. The van der Waals surface area contributed by atoms with Crippen molar-refractivity contribution in [2.75, 3.05) is 24.6 Å². The fraction of sp³-hybridized carbons (Fsp3) is 0.727. The fourth-order valence-electron chi connectivity index (χ4n) is 2.23. The lowest BCUT2D eigenvalue weighted by Crippen LogP contribution is -2.26. The summed E-state index contributed by atoms with van der Waals surface area (Å²) in [6.07, 6.45) is 0.694. The van der Waals surface area contributed by atoms with Gasteiger partial charge < -0.3 is 0 Å². The largest absolute Gasteiger partial charge is 0.298 e. The molecule has 102 valence electrons. The minimum absolute atomic E-state index is 0.240. The van der Waals surface area contributed by atoms with Gasteiger partial charge in [-0.3, -0.25) is 9.58 Å². The predicted molar refractivity (Wildman–Crippen MR) is 71.5 cm³/mol. The molecule has 1 aliphatic rings. The summed E-state index contributed by atoms with van der Waals surface area (Å²) in [6.45, 7) is 3.97. The summed E-state index contributed by atoms with van der Waals surface area (Å²) in [7, 11) is -1.04. The molecule has 0 bridgehead atoms. The summed E-state index contributed by atoms with van der Waals surface area (Å²) in [4.78, 5) is 2.14. The fourth-order valence-corrected chi connectivity index (χ4v) is 3.77. The van der Waals surface area contributed by atoms with E-state index in [4.69, 9.17) is 11.6 Å². The van der Waals surface area contributed by atoms with Gasteiger partial charge in [-0.1, -0.05) is 11.6 Å². The van der Waals surface area contributed by atoms with Gasteiger partial charge in [0.2, 0.25) is 0 Å². The number of nitrogens with zero attached hydrogens (tertiary/aromatic N) is 3. The molecule has 1 fully saturated rings. The van der Waals surface area contributed by atoms with Crippen molar-refractivity contribution in [1.29, 1.82) is 0 Å². The van der Waals surface area contributed by atoms with Crippen LogP contribution in [0, 0.1) is 6.92 Å². The first kappa shape index (κ1) is 13.8. The molecule has 0 aromatic carbocycles. The lowest BCUT2D eigenvalue weighted by Gasteiger charge is -2.18. The van der Waals surface area contributed by atoms with E-state index in [9.17, 15) is 8.42 Å². The van der Waals surface area contributed by atoms with Crippen LogP contribution < -0.4 is 0 Å². The summed E-state index contributed by atoms with van der Waals surface area (Å²) in [5.74, 6) is 0.535. The van der Waals surface area contributed by atoms with Gasteiger partial charge in [0.05, 0.1) is 17.2 Å². The van der Waals surface area contributed by atoms with Crippen molar-refractivity contribution in [2.45, 2.75) is 19.9 Å². The van der Waals surface area contributed by atoms with Crippen LogP contribution in [0.25, 0.3) is 0 Å². The van der Waals surface area contributed by atoms with Crippen LogP contribution in [0.4, 0.5) is 0 Å². The first-order valence-electron chi connectivity index (χ1n) is 6.00. The summed E-state index contributed by atoms with van der Waals surface area (Å²) in [5.41, 5.74) is 1.91. The third-order valence-electron chi connectivity index (χ3n) is 3.30. The molecule has 0 spiro atoms. The first-order chi connectivity index (χ1) is 8.39. The van der Waals surface area contributed by atoms with Crippen molar-refractivity contribution in [1.82, 2.24) is 14.7 Å². The van der Waals surface area contributed by atoms with Crippen LogP contribution in [-0.2, 0) is 23.4 Å². The molecule has 0 unspecified atom stereocenters. The van der Waals surface area contributed by atoms with Crippen molar-refractivity contribution in [3.8, 4) is 0 Å². The Morgan fingerprint density at radius 1 is 1.33 bits per heavy atom. The molecule has 1 aliphatic heterocycles. The second kappa shape index (κ2) is 5.19. The molecule has 5 nitrogen and oxygen atoms in total. The van der Waals surface area contributed by atoms with Crippen molar-refractivity contribution in [3.05, 3.63) is 16.4 Å². The topological polar surface area (TPSA) is 55.2 Å². The zero-order valence-corrected chi connectivity index (χ0v) is 12.3. The van der Waals surface area contributed by atoms with E-state index in [-0.39, 0.29) is 5.75 Å². The Morgan fingerprint density at radius 3 is 2.67 bits per heavy atom. The number of rotatable bonds is 2. The van der Waals surface area contributed by atoms with Crippen LogP contribution >= 0.6 is 11.6 Å². The maximum atomic E-state index is 11.5. The van der Waals surface area contributed by atoms with E-state index in [0.717, 1.165) is 17.8 Å². The third kappa shape index (κ3) is 3.05. The van der Waals surface area contributed by atoms with Gasteiger partial charge in [0, 0.05) is 25.7 Å². The molecule has 7 heteroatoms. The van der Waals surface area contributed by atoms with E-state index in [0.29, 0.717) is 30.4 Å². The number of hydrogen-bond donors (Lipinski definition) is 0. The molecule has 0 saturated carbocycles. The Kier molecular flexibility index (Phi) is 3.99. The maximum absolute atomic E-state index is 11.5. The van der Waals surface area contributed by atoms with E-state index < -0.39 is 9.84 Å². The van der Waals surface area contributed by atoms with Crippen LogP contribution in [0.15, 0.2) is 0 Å². The smallest absolute Gasteiger partial charge is 0.151 e. The summed E-state index contributed by atoms with van der Waals surface area (Å²) in [6, 6.07) is 0. The Labute approximate surface area is 113 Å². The highest BCUT2D eigenvalue weighted by atomic mass is 35.5. The molecule has 0 radical (unpaired) electrons. The van der Waals surface area contributed by atoms with E-state index >= 15 is 0 Å². The molecular formula is C11H18ClN3O2S. The lowest BCUT2D eigenvalue weighted by atomic mass is 10.2. The van der Waals surface area contributed by atoms with Crippen LogP contribution in [0.3, 0.4) is 0 Å². The van der Waals surface area contributed by atoms with Gasteiger partial charge in [0.25, 0.3) is 0 Å². The zero-order valence-electron chi connectivity index (χ0n) is 10.7. The van der Waals surface area contributed by atoms with Crippen molar-refractivity contribution in [3.63, 3.8) is 0 Å². The highest BCUT2D eigenvalue weighted by Gasteiger charge is 2.21. The molecule has 2 rings (SSSR count). The van der Waals surface area contributed by atoms with Gasteiger partial charge in [-0.25, -0.2) is 8.42 Å². The quantitative estimate of drug-likeness (QED) is 0.816. The van der Waals surface area contributed by atoms with Crippen LogP contribution in [-0.4, -0.2) is 47.7 Å². The Hall–Kier alpha value is -0.590. The average molecular weight is 292 g/mol. The van der Waals surface area contributed by atoms with E-state index in [1.165, 1.54) is 0 Å². The second-order valence-corrected chi connectivity index (χ2v) is 7.42. The average Bonchev–Trinajstić information content (AvgIpc) is 2.46. The number of aromatic nitrogens is 2. The Morgan fingerprint density at radius 2 is 2.06 bits per heavy atom. The molecule has 1 aromatic heterocycles. The second-order valence-electron chi connectivity index (χ2n) is 4.76. The molecule has 1 aromatic rings. The monoisotopic (exact) mass is 291 g/mol. The first-order valence-corrected chi connectivity index (χ1v) is 8.20. The van der Waals surface area contributed by atoms with E-state index in [1.807, 2.05) is 14.0 Å². The van der Waals surface area contributed by atoms with Gasteiger partial charge in [0.1, 0.15) is 5.15 Å². The predicted octanol–water partition coefficient (Wildman–Crippen LogP) is 1.00. The molecule has 18 heavy (non-hydrogen) atoms. The molecular weight excluding hydrogens is 274 g/mol. The standard InChI is InChI=1S/C11H18ClN3O2S/c1-9-10(11(12)14(2)13-9)8-15-4-3-6-18(16,17)7-5-15/h3-8H2,1-2H3. The van der Waals surface area contributed by atoms with Gasteiger partial charge in [-0.2, -0.15) is 5.10 Å². The van der Waals surface area contributed by atoms with Gasteiger partial charge in [-0.15, -0.1) is 0 Å². The van der Waals surface area contributed by atoms with Gasteiger partial charge in [0.15, 0.2) is 9.84 Å².